The quantitative estimate of drug-likeness (QED) is 0.281. The SMILES string of the molecule is CCN1C(=O)/C(=C\c2cc(Cl)c(OCc3ccccc3Cl)c(OC)c2)SC1=Nc1ccc(OC)cc1. The number of methoxy groups -OCH3 is 2. The number of carbonyl (C=O) groups is 1. The topological polar surface area (TPSA) is 60.4 Å². The predicted molar refractivity (Wildman–Crippen MR) is 147 cm³/mol. The van der Waals surface area contributed by atoms with Crippen LogP contribution in [0.4, 0.5) is 5.69 Å². The van der Waals surface area contributed by atoms with Gasteiger partial charge in [-0.3, -0.25) is 9.69 Å². The lowest BCUT2D eigenvalue weighted by molar-refractivity contribution is -0.122. The molecule has 186 valence electrons. The molecule has 0 spiro atoms. The van der Waals surface area contributed by atoms with E-state index >= 15 is 0 Å². The number of thioether (sulfide) groups is 1. The molecule has 1 amide bonds. The molecule has 36 heavy (non-hydrogen) atoms. The number of amidine groups is 1. The number of benzene rings is 3. The zero-order chi connectivity index (χ0) is 25.7. The second-order valence-corrected chi connectivity index (χ2v) is 9.49. The van der Waals surface area contributed by atoms with Crippen LogP contribution < -0.4 is 14.2 Å². The fraction of sp³-hybridized carbons (Fsp3) is 0.185. The average Bonchev–Trinajstić information content (AvgIpc) is 3.17. The van der Waals surface area contributed by atoms with Gasteiger partial charge in [0.2, 0.25) is 0 Å². The molecule has 1 heterocycles. The Morgan fingerprint density at radius 2 is 1.75 bits per heavy atom. The summed E-state index contributed by atoms with van der Waals surface area (Å²) >= 11 is 14.1. The van der Waals surface area contributed by atoms with Gasteiger partial charge >= 0.3 is 0 Å². The van der Waals surface area contributed by atoms with Crippen LogP contribution in [0.5, 0.6) is 17.2 Å². The summed E-state index contributed by atoms with van der Waals surface area (Å²) in [7, 11) is 3.15. The molecule has 0 aromatic heterocycles. The number of hydrogen-bond acceptors (Lipinski definition) is 6. The van der Waals surface area contributed by atoms with Crippen molar-refractivity contribution in [3.8, 4) is 17.2 Å². The van der Waals surface area contributed by atoms with E-state index in [4.69, 9.17) is 37.4 Å². The van der Waals surface area contributed by atoms with Crippen LogP contribution in [0.3, 0.4) is 0 Å². The molecule has 0 saturated carbocycles. The minimum Gasteiger partial charge on any atom is -0.497 e. The molecule has 9 heteroatoms. The number of hydrogen-bond donors (Lipinski definition) is 0. The van der Waals surface area contributed by atoms with Gasteiger partial charge in [-0.1, -0.05) is 41.4 Å². The van der Waals surface area contributed by atoms with Crippen molar-refractivity contribution in [3.63, 3.8) is 0 Å². The molecule has 0 atom stereocenters. The zero-order valence-corrected chi connectivity index (χ0v) is 22.3. The van der Waals surface area contributed by atoms with Crippen molar-refractivity contribution in [1.82, 2.24) is 4.90 Å². The summed E-state index contributed by atoms with van der Waals surface area (Å²) in [6.07, 6.45) is 1.78. The Bertz CT molecular complexity index is 1330. The second-order valence-electron chi connectivity index (χ2n) is 7.67. The summed E-state index contributed by atoms with van der Waals surface area (Å²) in [5.41, 5.74) is 2.27. The normalized spacial score (nSPS) is 15.6. The number of halogens is 2. The highest BCUT2D eigenvalue weighted by molar-refractivity contribution is 8.18. The van der Waals surface area contributed by atoms with E-state index in [-0.39, 0.29) is 12.5 Å². The van der Waals surface area contributed by atoms with Crippen molar-refractivity contribution < 1.29 is 19.0 Å². The number of carbonyl (C=O) groups excluding carboxylic acids is 1. The first-order chi connectivity index (χ1) is 17.4. The van der Waals surface area contributed by atoms with Gasteiger partial charge in [0.25, 0.3) is 5.91 Å². The number of likely N-dealkylation sites (N-methyl/N-ethyl adjacent to an activating group) is 1. The smallest absolute Gasteiger partial charge is 0.266 e. The predicted octanol–water partition coefficient (Wildman–Crippen LogP) is 7.21. The van der Waals surface area contributed by atoms with Crippen molar-refractivity contribution in [2.45, 2.75) is 13.5 Å². The van der Waals surface area contributed by atoms with Gasteiger partial charge in [0.05, 0.1) is 29.8 Å². The molecule has 0 aliphatic carbocycles. The van der Waals surface area contributed by atoms with Gasteiger partial charge in [-0.25, -0.2) is 4.99 Å². The molecule has 3 aromatic rings. The van der Waals surface area contributed by atoms with Crippen LogP contribution in [0.2, 0.25) is 10.0 Å². The van der Waals surface area contributed by atoms with Gasteiger partial charge in [-0.15, -0.1) is 0 Å². The fourth-order valence-electron chi connectivity index (χ4n) is 3.52. The van der Waals surface area contributed by atoms with Crippen LogP contribution >= 0.6 is 35.0 Å². The van der Waals surface area contributed by atoms with Gasteiger partial charge in [0, 0.05) is 17.1 Å². The van der Waals surface area contributed by atoms with E-state index in [0.29, 0.717) is 43.7 Å². The van der Waals surface area contributed by atoms with E-state index in [1.807, 2.05) is 49.4 Å². The molecule has 0 bridgehead atoms. The zero-order valence-electron chi connectivity index (χ0n) is 20.0. The van der Waals surface area contributed by atoms with E-state index in [1.54, 1.807) is 43.4 Å². The number of nitrogens with zero attached hydrogens (tertiary/aromatic N) is 2. The lowest BCUT2D eigenvalue weighted by Crippen LogP contribution is -2.28. The summed E-state index contributed by atoms with van der Waals surface area (Å²) in [6.45, 7) is 2.65. The highest BCUT2D eigenvalue weighted by Crippen LogP contribution is 2.40. The third-order valence-electron chi connectivity index (χ3n) is 5.38. The van der Waals surface area contributed by atoms with Crippen molar-refractivity contribution in [1.29, 1.82) is 0 Å². The molecule has 1 fully saturated rings. The Balaban J connectivity index is 1.58. The number of aliphatic imine (C=N–C) groups is 1. The molecule has 1 aliphatic heterocycles. The summed E-state index contributed by atoms with van der Waals surface area (Å²) in [5.74, 6) is 1.48. The second kappa shape index (κ2) is 11.7. The molecule has 1 saturated heterocycles. The molecule has 3 aromatic carbocycles. The Hall–Kier alpha value is -3.13. The number of ether oxygens (including phenoxy) is 3. The fourth-order valence-corrected chi connectivity index (χ4v) is 5.04. The van der Waals surface area contributed by atoms with Crippen LogP contribution in [0.25, 0.3) is 6.08 Å². The molecule has 0 radical (unpaired) electrons. The molecule has 4 rings (SSSR count). The minimum atomic E-state index is -0.121. The molecule has 6 nitrogen and oxygen atoms in total. The number of rotatable bonds is 8. The van der Waals surface area contributed by atoms with E-state index in [2.05, 4.69) is 4.99 Å². The van der Waals surface area contributed by atoms with Crippen LogP contribution in [0.1, 0.15) is 18.1 Å². The van der Waals surface area contributed by atoms with Gasteiger partial charge in [-0.2, -0.15) is 0 Å². The van der Waals surface area contributed by atoms with Gasteiger partial charge in [0.15, 0.2) is 16.7 Å². The van der Waals surface area contributed by atoms with E-state index in [0.717, 1.165) is 17.0 Å². The molecular weight excluding hydrogens is 519 g/mol. The molecule has 1 aliphatic rings. The third-order valence-corrected chi connectivity index (χ3v) is 7.04. The first kappa shape index (κ1) is 25.9. The van der Waals surface area contributed by atoms with E-state index in [9.17, 15) is 4.79 Å². The molecule has 0 unspecified atom stereocenters. The maximum Gasteiger partial charge on any atom is 0.266 e. The van der Waals surface area contributed by atoms with Crippen molar-refractivity contribution in [2.24, 2.45) is 4.99 Å². The molecular formula is C27H24Cl2N2O4S. The van der Waals surface area contributed by atoms with Gasteiger partial charge < -0.3 is 14.2 Å². The van der Waals surface area contributed by atoms with Crippen molar-refractivity contribution in [3.05, 3.63) is 86.7 Å². The number of amides is 1. The largest absolute Gasteiger partial charge is 0.497 e. The molecule has 0 N–H and O–H groups in total. The standard InChI is InChI=1S/C27H24Cl2N2O4S/c1-4-31-26(32)24(36-27(31)30-19-9-11-20(33-2)12-10-19)15-17-13-22(29)25(23(14-17)34-3)35-16-18-7-5-6-8-21(18)28/h5-15H,4,16H2,1-3H3/b24-15+,30-27?. The van der Waals surface area contributed by atoms with Crippen molar-refractivity contribution >= 4 is 57.8 Å². The van der Waals surface area contributed by atoms with Crippen LogP contribution in [-0.4, -0.2) is 36.7 Å². The average molecular weight is 543 g/mol. The Kier molecular flexibility index (Phi) is 8.46. The van der Waals surface area contributed by atoms with Crippen LogP contribution in [0, 0.1) is 0 Å². The monoisotopic (exact) mass is 542 g/mol. The highest BCUT2D eigenvalue weighted by atomic mass is 35.5. The van der Waals surface area contributed by atoms with Gasteiger partial charge in [-0.05, 0) is 72.8 Å². The van der Waals surface area contributed by atoms with Gasteiger partial charge in [0.1, 0.15) is 12.4 Å². The van der Waals surface area contributed by atoms with E-state index in [1.165, 1.54) is 11.8 Å². The Labute approximate surface area is 224 Å². The first-order valence-corrected chi connectivity index (χ1v) is 12.7. The van der Waals surface area contributed by atoms with E-state index < -0.39 is 0 Å². The maximum absolute atomic E-state index is 13.1. The van der Waals surface area contributed by atoms with Crippen molar-refractivity contribution in [2.75, 3.05) is 20.8 Å². The lowest BCUT2D eigenvalue weighted by Gasteiger charge is -2.14. The highest BCUT2D eigenvalue weighted by Gasteiger charge is 2.32. The van der Waals surface area contributed by atoms with Crippen LogP contribution in [0.15, 0.2) is 70.6 Å². The minimum absolute atomic E-state index is 0.121. The summed E-state index contributed by atoms with van der Waals surface area (Å²) < 4.78 is 16.7. The lowest BCUT2D eigenvalue weighted by atomic mass is 10.1. The maximum atomic E-state index is 13.1. The first-order valence-electron chi connectivity index (χ1n) is 11.1. The summed E-state index contributed by atoms with van der Waals surface area (Å²) in [5, 5.41) is 1.58. The summed E-state index contributed by atoms with van der Waals surface area (Å²) in [4.78, 5) is 19.9. The third kappa shape index (κ3) is 5.81. The van der Waals surface area contributed by atoms with Crippen LogP contribution in [-0.2, 0) is 11.4 Å². The Morgan fingerprint density at radius 1 is 1.00 bits per heavy atom. The Morgan fingerprint density at radius 3 is 2.42 bits per heavy atom. The summed E-state index contributed by atoms with van der Waals surface area (Å²) in [6, 6.07) is 18.3.